The third-order valence-electron chi connectivity index (χ3n) is 5.48. The zero-order chi connectivity index (χ0) is 18.9. The van der Waals surface area contributed by atoms with Gasteiger partial charge in [-0.15, -0.1) is 0 Å². The Morgan fingerprint density at radius 1 is 1.12 bits per heavy atom. The molecular weight excluding hydrogens is 324 g/mol. The maximum absolute atomic E-state index is 10.9. The fourth-order valence-corrected chi connectivity index (χ4v) is 3.70. The number of hydrogen-bond acceptors (Lipinski definition) is 3. The van der Waals surface area contributed by atoms with E-state index in [1.807, 2.05) is 12.1 Å². The molecule has 0 saturated carbocycles. The first-order valence-electron chi connectivity index (χ1n) is 9.21. The van der Waals surface area contributed by atoms with Crippen molar-refractivity contribution in [3.8, 4) is 0 Å². The van der Waals surface area contributed by atoms with Crippen LogP contribution in [0.3, 0.4) is 0 Å². The highest BCUT2D eigenvalue weighted by atomic mass is 16.6. The molecule has 0 aromatic heterocycles. The van der Waals surface area contributed by atoms with Gasteiger partial charge < -0.3 is 4.90 Å². The van der Waals surface area contributed by atoms with Crippen LogP contribution in [0.5, 0.6) is 0 Å². The van der Waals surface area contributed by atoms with Crippen molar-refractivity contribution in [1.29, 1.82) is 0 Å². The van der Waals surface area contributed by atoms with Crippen LogP contribution >= 0.6 is 0 Å². The summed E-state index contributed by atoms with van der Waals surface area (Å²) in [6, 6.07) is 13.6. The number of benzene rings is 2. The molecule has 4 heteroatoms. The Morgan fingerprint density at radius 3 is 2.38 bits per heavy atom. The zero-order valence-corrected chi connectivity index (χ0v) is 16.0. The summed E-state index contributed by atoms with van der Waals surface area (Å²) < 4.78 is 0. The van der Waals surface area contributed by atoms with Crippen molar-refractivity contribution in [2.45, 2.75) is 52.6 Å². The van der Waals surface area contributed by atoms with Gasteiger partial charge in [-0.1, -0.05) is 44.2 Å². The van der Waals surface area contributed by atoms with Gasteiger partial charge in [0.25, 0.3) is 5.69 Å². The molecule has 0 N–H and O–H groups in total. The first-order valence-corrected chi connectivity index (χ1v) is 9.21. The second-order valence-electron chi connectivity index (χ2n) is 7.26. The highest BCUT2D eigenvalue weighted by molar-refractivity contribution is 5.82. The van der Waals surface area contributed by atoms with Crippen molar-refractivity contribution in [2.24, 2.45) is 0 Å². The third-order valence-corrected chi connectivity index (χ3v) is 5.48. The lowest BCUT2D eigenvalue weighted by molar-refractivity contribution is -0.384. The van der Waals surface area contributed by atoms with Crippen molar-refractivity contribution in [3.05, 3.63) is 75.3 Å². The molecule has 26 heavy (non-hydrogen) atoms. The molecule has 3 rings (SSSR count). The van der Waals surface area contributed by atoms with E-state index in [0.29, 0.717) is 0 Å². The third kappa shape index (κ3) is 3.24. The summed E-state index contributed by atoms with van der Waals surface area (Å²) in [6.45, 7) is 9.55. The van der Waals surface area contributed by atoms with E-state index >= 15 is 0 Å². The van der Waals surface area contributed by atoms with E-state index in [-0.39, 0.29) is 16.1 Å². The van der Waals surface area contributed by atoms with Gasteiger partial charge in [0.05, 0.1) is 10.5 Å². The first-order chi connectivity index (χ1) is 12.4. The predicted molar refractivity (Wildman–Crippen MR) is 107 cm³/mol. The van der Waals surface area contributed by atoms with E-state index < -0.39 is 0 Å². The minimum atomic E-state index is -0.351. The Balaban J connectivity index is 2.05. The van der Waals surface area contributed by atoms with Gasteiger partial charge in [0.15, 0.2) is 0 Å². The Bertz CT molecular complexity index is 855. The van der Waals surface area contributed by atoms with Crippen LogP contribution in [0.2, 0.25) is 0 Å². The van der Waals surface area contributed by atoms with Gasteiger partial charge in [-0.2, -0.15) is 0 Å². The van der Waals surface area contributed by atoms with Crippen LogP contribution in [0.15, 0.2) is 48.5 Å². The van der Waals surface area contributed by atoms with E-state index in [1.165, 1.54) is 22.4 Å². The molecule has 0 bridgehead atoms. The van der Waals surface area contributed by atoms with Crippen LogP contribution in [0.25, 0.3) is 5.57 Å². The lowest BCUT2D eigenvalue weighted by atomic mass is 9.83. The molecule has 0 amide bonds. The molecule has 136 valence electrons. The summed E-state index contributed by atoms with van der Waals surface area (Å²) >= 11 is 0. The largest absolute Gasteiger partial charge is 0.358 e. The normalized spacial score (nSPS) is 19.1. The van der Waals surface area contributed by atoms with Gasteiger partial charge in [0.1, 0.15) is 0 Å². The van der Waals surface area contributed by atoms with Crippen molar-refractivity contribution in [2.75, 3.05) is 4.90 Å². The van der Waals surface area contributed by atoms with Crippen LogP contribution < -0.4 is 4.90 Å². The Morgan fingerprint density at radius 2 is 1.81 bits per heavy atom. The van der Waals surface area contributed by atoms with Gasteiger partial charge in [-0.05, 0) is 49.5 Å². The van der Waals surface area contributed by atoms with Crippen LogP contribution in [-0.4, -0.2) is 10.5 Å². The van der Waals surface area contributed by atoms with Crippen molar-refractivity contribution in [1.82, 2.24) is 0 Å². The topological polar surface area (TPSA) is 46.4 Å². The van der Waals surface area contributed by atoms with E-state index in [4.69, 9.17) is 0 Å². The van der Waals surface area contributed by atoms with Crippen LogP contribution in [0.4, 0.5) is 11.4 Å². The van der Waals surface area contributed by atoms with Crippen molar-refractivity contribution >= 4 is 16.9 Å². The second kappa shape index (κ2) is 6.94. The number of rotatable bonds is 5. The number of nitrogens with zero attached hydrogens (tertiary/aromatic N) is 2. The zero-order valence-electron chi connectivity index (χ0n) is 16.0. The summed E-state index contributed by atoms with van der Waals surface area (Å²) in [4.78, 5) is 13.0. The molecule has 0 aliphatic carbocycles. The molecule has 1 aliphatic rings. The van der Waals surface area contributed by atoms with Crippen LogP contribution in [0, 0.1) is 17.0 Å². The van der Waals surface area contributed by atoms with Gasteiger partial charge in [0, 0.05) is 29.9 Å². The fourth-order valence-electron chi connectivity index (χ4n) is 3.70. The second-order valence-corrected chi connectivity index (χ2v) is 7.26. The molecule has 0 saturated heterocycles. The molecule has 1 heterocycles. The number of non-ortho nitro benzene ring substituents is 1. The number of allylic oxidation sites excluding steroid dienone is 1. The fraction of sp³-hybridized carbons (Fsp3) is 0.364. The van der Waals surface area contributed by atoms with Gasteiger partial charge in [0.2, 0.25) is 0 Å². The Labute approximate surface area is 155 Å². The maximum atomic E-state index is 10.9. The standard InChI is InChI=1S/C22H26N2O2/c1-5-18-14-22(4,6-2)23(21-13-16(3)7-12-20(18)21)15-17-8-10-19(11-9-17)24(25)26/h7-14H,5-6,15H2,1-4H3/t22-/m1/s1. The lowest BCUT2D eigenvalue weighted by Gasteiger charge is -2.45. The summed E-state index contributed by atoms with van der Waals surface area (Å²) in [5.74, 6) is 0. The van der Waals surface area contributed by atoms with E-state index in [1.54, 1.807) is 12.1 Å². The summed E-state index contributed by atoms with van der Waals surface area (Å²) in [5, 5.41) is 10.9. The number of fused-ring (bicyclic) bond motifs is 1. The molecule has 0 spiro atoms. The number of anilines is 1. The predicted octanol–water partition coefficient (Wildman–Crippen LogP) is 5.89. The van der Waals surface area contributed by atoms with Gasteiger partial charge in [-0.25, -0.2) is 0 Å². The molecular formula is C22H26N2O2. The molecule has 4 nitrogen and oxygen atoms in total. The number of nitro groups is 1. The molecule has 0 fully saturated rings. The smallest absolute Gasteiger partial charge is 0.269 e. The van der Waals surface area contributed by atoms with Gasteiger partial charge >= 0.3 is 0 Å². The molecule has 1 atom stereocenters. The van der Waals surface area contributed by atoms with Crippen LogP contribution in [-0.2, 0) is 6.54 Å². The van der Waals surface area contributed by atoms with Crippen molar-refractivity contribution in [3.63, 3.8) is 0 Å². The molecule has 2 aromatic rings. The molecule has 0 radical (unpaired) electrons. The monoisotopic (exact) mass is 350 g/mol. The average Bonchev–Trinajstić information content (AvgIpc) is 2.64. The summed E-state index contributed by atoms with van der Waals surface area (Å²) in [5.41, 5.74) is 6.33. The summed E-state index contributed by atoms with van der Waals surface area (Å²) in [7, 11) is 0. The summed E-state index contributed by atoms with van der Waals surface area (Å²) in [6.07, 6.45) is 4.41. The molecule has 2 aromatic carbocycles. The van der Waals surface area contributed by atoms with E-state index in [2.05, 4.69) is 56.9 Å². The minimum Gasteiger partial charge on any atom is -0.358 e. The van der Waals surface area contributed by atoms with Crippen molar-refractivity contribution < 1.29 is 4.92 Å². The van der Waals surface area contributed by atoms with E-state index in [0.717, 1.165) is 24.9 Å². The number of nitro benzene ring substituents is 1. The SMILES string of the molecule is CCC1=C[C@@](C)(CC)N(Cc2ccc([N+](=O)[O-])cc2)c2cc(C)ccc21. The number of aryl methyl sites for hydroxylation is 1. The quantitative estimate of drug-likeness (QED) is 0.499. The molecule has 1 aliphatic heterocycles. The average molecular weight is 350 g/mol. The minimum absolute atomic E-state index is 0.0755. The Hall–Kier alpha value is -2.62. The van der Waals surface area contributed by atoms with E-state index in [9.17, 15) is 10.1 Å². The highest BCUT2D eigenvalue weighted by Gasteiger charge is 2.34. The van der Waals surface area contributed by atoms with Crippen LogP contribution in [0.1, 0.15) is 50.3 Å². The highest BCUT2D eigenvalue weighted by Crippen LogP contribution is 2.43. The van der Waals surface area contributed by atoms with Gasteiger partial charge in [-0.3, -0.25) is 10.1 Å². The molecule has 0 unspecified atom stereocenters. The lowest BCUT2D eigenvalue weighted by Crippen LogP contribution is -2.46. The maximum Gasteiger partial charge on any atom is 0.269 e. The first kappa shape index (κ1) is 18.2. The Kier molecular flexibility index (Phi) is 4.86. The number of hydrogen-bond donors (Lipinski definition) is 0.